The summed E-state index contributed by atoms with van der Waals surface area (Å²) in [6, 6.07) is 9.37. The molecule has 7 heteroatoms. The molecular formula is C22H25N3O4. The number of carbonyl (C=O) groups is 2. The maximum Gasteiger partial charge on any atom is 0.339 e. The average Bonchev–Trinajstić information content (AvgIpc) is 3.42. The van der Waals surface area contributed by atoms with Crippen LogP contribution in [0.4, 0.5) is 0 Å². The topological polar surface area (TPSA) is 88.6 Å². The fourth-order valence-electron chi connectivity index (χ4n) is 4.24. The van der Waals surface area contributed by atoms with Crippen LogP contribution in [0, 0.1) is 0 Å². The summed E-state index contributed by atoms with van der Waals surface area (Å²) in [5, 5.41) is 9.37. The molecule has 2 aromatic heterocycles. The molecule has 4 rings (SSSR count). The highest BCUT2D eigenvalue weighted by Crippen LogP contribution is 2.36. The lowest BCUT2D eigenvalue weighted by molar-refractivity contribution is 0.0683. The van der Waals surface area contributed by atoms with Gasteiger partial charge in [-0.25, -0.2) is 9.78 Å². The van der Waals surface area contributed by atoms with Crippen molar-refractivity contribution in [3.05, 3.63) is 53.2 Å². The van der Waals surface area contributed by atoms with E-state index < -0.39 is 5.97 Å². The Kier molecular flexibility index (Phi) is 4.90. The predicted octanol–water partition coefficient (Wildman–Crippen LogP) is 4.45. The summed E-state index contributed by atoms with van der Waals surface area (Å²) in [6.07, 6.45) is 2.10. The number of aromatic carboxylic acids is 1. The number of likely N-dealkylation sites (tertiary alicyclic amines) is 1. The lowest BCUT2D eigenvalue weighted by atomic mass is 10.1. The molecule has 3 aromatic rings. The average molecular weight is 395 g/mol. The monoisotopic (exact) mass is 395 g/mol. The van der Waals surface area contributed by atoms with Gasteiger partial charge in [0.05, 0.1) is 17.1 Å². The molecule has 1 unspecified atom stereocenters. The lowest BCUT2D eigenvalue weighted by Crippen LogP contribution is -2.32. The Morgan fingerprint density at radius 2 is 2.07 bits per heavy atom. The number of carbonyl (C=O) groups excluding carboxylic acids is 1. The van der Waals surface area contributed by atoms with Crippen LogP contribution in [0.5, 0.6) is 0 Å². The van der Waals surface area contributed by atoms with E-state index in [0.717, 1.165) is 29.7 Å². The van der Waals surface area contributed by atoms with E-state index in [-0.39, 0.29) is 29.3 Å². The highest BCUT2D eigenvalue weighted by molar-refractivity contribution is 5.96. The minimum absolute atomic E-state index is 0.0565. The van der Waals surface area contributed by atoms with Crippen molar-refractivity contribution in [1.82, 2.24) is 14.5 Å². The third kappa shape index (κ3) is 3.20. The summed E-state index contributed by atoms with van der Waals surface area (Å²) >= 11 is 0. The molecule has 1 fully saturated rings. The highest BCUT2D eigenvalue weighted by atomic mass is 16.4. The van der Waals surface area contributed by atoms with Crippen LogP contribution in [-0.2, 0) is 6.42 Å². The van der Waals surface area contributed by atoms with Gasteiger partial charge in [-0.05, 0) is 38.8 Å². The molecule has 0 aliphatic carbocycles. The summed E-state index contributed by atoms with van der Waals surface area (Å²) in [7, 11) is 0. The number of furan rings is 1. The maximum atomic E-state index is 13.2. The number of imidazole rings is 1. The first-order valence-corrected chi connectivity index (χ1v) is 10.1. The molecule has 0 radical (unpaired) electrons. The number of hydrogen-bond acceptors (Lipinski definition) is 4. The molecule has 1 aromatic carbocycles. The van der Waals surface area contributed by atoms with Gasteiger partial charge in [0, 0.05) is 25.1 Å². The van der Waals surface area contributed by atoms with Crippen molar-refractivity contribution in [3.8, 4) is 0 Å². The van der Waals surface area contributed by atoms with Crippen LogP contribution in [0.15, 0.2) is 34.7 Å². The molecule has 1 amide bonds. The zero-order valence-electron chi connectivity index (χ0n) is 16.9. The van der Waals surface area contributed by atoms with Crippen LogP contribution in [0.2, 0.25) is 0 Å². The Morgan fingerprint density at radius 1 is 1.31 bits per heavy atom. The normalized spacial score (nSPS) is 16.8. The van der Waals surface area contributed by atoms with E-state index in [1.54, 1.807) is 4.90 Å². The number of benzene rings is 1. The number of hydrogen-bond donors (Lipinski definition) is 1. The van der Waals surface area contributed by atoms with Crippen molar-refractivity contribution < 1.29 is 19.1 Å². The molecule has 7 nitrogen and oxygen atoms in total. The Balaban J connectivity index is 1.74. The van der Waals surface area contributed by atoms with E-state index in [1.165, 1.54) is 6.07 Å². The number of aryl methyl sites for hydroxylation is 1. The van der Waals surface area contributed by atoms with Gasteiger partial charge in [-0.1, -0.05) is 19.1 Å². The highest BCUT2D eigenvalue weighted by Gasteiger charge is 2.36. The largest absolute Gasteiger partial charge is 0.478 e. The summed E-state index contributed by atoms with van der Waals surface area (Å²) < 4.78 is 7.81. The lowest BCUT2D eigenvalue weighted by Gasteiger charge is -2.25. The number of aromatic nitrogens is 2. The molecule has 152 valence electrons. The summed E-state index contributed by atoms with van der Waals surface area (Å²) in [6.45, 7) is 6.62. The molecule has 3 heterocycles. The van der Waals surface area contributed by atoms with Gasteiger partial charge in [0.15, 0.2) is 5.76 Å². The fraction of sp³-hybridized carbons (Fsp3) is 0.409. The molecule has 1 N–H and O–H groups in total. The summed E-state index contributed by atoms with van der Waals surface area (Å²) in [5.41, 5.74) is 2.02. The number of carboxylic acid groups (broad SMARTS) is 1. The Bertz CT molecular complexity index is 1080. The fourth-order valence-corrected chi connectivity index (χ4v) is 4.24. The van der Waals surface area contributed by atoms with Gasteiger partial charge in [0.1, 0.15) is 17.1 Å². The van der Waals surface area contributed by atoms with Crippen molar-refractivity contribution in [3.63, 3.8) is 0 Å². The number of para-hydroxylation sites is 2. The summed E-state index contributed by atoms with van der Waals surface area (Å²) in [4.78, 5) is 31.3. The molecule has 1 aliphatic rings. The van der Waals surface area contributed by atoms with E-state index in [4.69, 9.17) is 9.40 Å². The molecule has 1 saturated heterocycles. The minimum atomic E-state index is -1.08. The van der Waals surface area contributed by atoms with Crippen molar-refractivity contribution in [2.24, 2.45) is 0 Å². The quantitative estimate of drug-likeness (QED) is 0.689. The maximum absolute atomic E-state index is 13.2. The molecule has 0 bridgehead atoms. The first kappa shape index (κ1) is 19.2. The zero-order chi connectivity index (χ0) is 20.7. The van der Waals surface area contributed by atoms with Gasteiger partial charge >= 0.3 is 5.97 Å². The van der Waals surface area contributed by atoms with E-state index in [2.05, 4.69) is 18.4 Å². The van der Waals surface area contributed by atoms with Crippen LogP contribution < -0.4 is 0 Å². The SMILES string of the molecule is CCc1oc(C(=O)N2CCCC2c2nc3ccccc3n2C(C)C)cc1C(=O)O. The third-order valence-electron chi connectivity index (χ3n) is 5.52. The number of rotatable bonds is 5. The van der Waals surface area contributed by atoms with Crippen molar-refractivity contribution in [1.29, 1.82) is 0 Å². The van der Waals surface area contributed by atoms with Crippen LogP contribution in [0.1, 0.15) is 78.2 Å². The first-order valence-electron chi connectivity index (χ1n) is 10.1. The number of fused-ring (bicyclic) bond motifs is 1. The minimum Gasteiger partial charge on any atom is -0.478 e. The smallest absolute Gasteiger partial charge is 0.339 e. The van der Waals surface area contributed by atoms with Crippen molar-refractivity contribution >= 4 is 22.9 Å². The standard InChI is InChI=1S/C22H25N3O4/c1-4-18-14(22(27)28)12-19(29-18)21(26)24-11-7-10-17(24)20-23-15-8-5-6-9-16(15)25(20)13(2)3/h5-6,8-9,12-13,17H,4,7,10-11H2,1-3H3,(H,27,28). The number of amides is 1. The third-order valence-corrected chi connectivity index (χ3v) is 5.52. The molecule has 0 saturated carbocycles. The number of carboxylic acids is 1. The van der Waals surface area contributed by atoms with Gasteiger partial charge < -0.3 is 19.0 Å². The van der Waals surface area contributed by atoms with E-state index >= 15 is 0 Å². The summed E-state index contributed by atoms with van der Waals surface area (Å²) in [5.74, 6) is -0.0848. The second-order valence-corrected chi connectivity index (χ2v) is 7.69. The Labute approximate surface area is 168 Å². The van der Waals surface area contributed by atoms with Crippen LogP contribution in [-0.4, -0.2) is 38.0 Å². The Hall–Kier alpha value is -3.09. The molecule has 0 spiro atoms. The van der Waals surface area contributed by atoms with Crippen molar-refractivity contribution in [2.75, 3.05) is 6.54 Å². The van der Waals surface area contributed by atoms with Crippen LogP contribution >= 0.6 is 0 Å². The Morgan fingerprint density at radius 3 is 2.72 bits per heavy atom. The van der Waals surface area contributed by atoms with Gasteiger partial charge in [-0.3, -0.25) is 4.79 Å². The van der Waals surface area contributed by atoms with E-state index in [9.17, 15) is 14.7 Å². The predicted molar refractivity (Wildman–Crippen MR) is 108 cm³/mol. The molecular weight excluding hydrogens is 370 g/mol. The second-order valence-electron chi connectivity index (χ2n) is 7.69. The van der Waals surface area contributed by atoms with Gasteiger partial charge in [0.2, 0.25) is 0 Å². The number of nitrogens with zero attached hydrogens (tertiary/aromatic N) is 3. The second kappa shape index (κ2) is 7.39. The molecule has 29 heavy (non-hydrogen) atoms. The van der Waals surface area contributed by atoms with Gasteiger partial charge in [-0.15, -0.1) is 0 Å². The molecule has 1 aliphatic heterocycles. The zero-order valence-corrected chi connectivity index (χ0v) is 16.9. The van der Waals surface area contributed by atoms with Crippen LogP contribution in [0.3, 0.4) is 0 Å². The molecule has 1 atom stereocenters. The first-order chi connectivity index (χ1) is 13.9. The van der Waals surface area contributed by atoms with E-state index in [1.807, 2.05) is 31.2 Å². The van der Waals surface area contributed by atoms with Crippen LogP contribution in [0.25, 0.3) is 11.0 Å². The van der Waals surface area contributed by atoms with Crippen molar-refractivity contribution in [2.45, 2.75) is 52.1 Å². The van der Waals surface area contributed by atoms with Gasteiger partial charge in [0.25, 0.3) is 5.91 Å². The van der Waals surface area contributed by atoms with Gasteiger partial charge in [-0.2, -0.15) is 0 Å². The van der Waals surface area contributed by atoms with E-state index in [0.29, 0.717) is 18.7 Å².